The maximum atomic E-state index is 12.9. The smallest absolute Gasteiger partial charge is 0.274 e. The van der Waals surface area contributed by atoms with Gasteiger partial charge in [0.1, 0.15) is 5.75 Å². The number of nitrogens with zero attached hydrogens (tertiary/aromatic N) is 5. The Kier molecular flexibility index (Phi) is 6.03. The molecule has 0 unspecified atom stereocenters. The van der Waals surface area contributed by atoms with Gasteiger partial charge >= 0.3 is 0 Å². The zero-order chi connectivity index (χ0) is 22.6. The fourth-order valence-corrected chi connectivity index (χ4v) is 4.52. The number of H-pyrrole nitrogens is 1. The van der Waals surface area contributed by atoms with Crippen LogP contribution in [0, 0.1) is 0 Å². The van der Waals surface area contributed by atoms with Gasteiger partial charge in [-0.2, -0.15) is 5.10 Å². The highest BCUT2D eigenvalue weighted by Crippen LogP contribution is 2.24. The zero-order valence-electron chi connectivity index (χ0n) is 18.3. The van der Waals surface area contributed by atoms with Gasteiger partial charge < -0.3 is 14.5 Å². The van der Waals surface area contributed by atoms with Crippen LogP contribution >= 0.6 is 11.3 Å². The number of piperazine rings is 1. The molecule has 168 valence electrons. The van der Waals surface area contributed by atoms with Crippen molar-refractivity contribution in [2.24, 2.45) is 0 Å². The molecule has 0 radical (unpaired) electrons. The molecule has 1 N–H and O–H groups in total. The second-order valence-corrected chi connectivity index (χ2v) is 8.61. The van der Waals surface area contributed by atoms with Crippen LogP contribution < -0.4 is 9.64 Å². The van der Waals surface area contributed by atoms with E-state index >= 15 is 0 Å². The van der Waals surface area contributed by atoms with E-state index in [0.717, 1.165) is 33.4 Å². The van der Waals surface area contributed by atoms with Crippen molar-refractivity contribution in [1.82, 2.24) is 25.3 Å². The molecule has 1 aliphatic rings. The lowest BCUT2D eigenvalue weighted by Gasteiger charge is -2.34. The Hall–Kier alpha value is -3.72. The molecule has 1 saturated heterocycles. The summed E-state index contributed by atoms with van der Waals surface area (Å²) >= 11 is 1.62. The van der Waals surface area contributed by atoms with Crippen molar-refractivity contribution in [2.45, 2.75) is 6.92 Å². The van der Waals surface area contributed by atoms with Crippen molar-refractivity contribution in [3.63, 3.8) is 0 Å². The molecule has 0 saturated carbocycles. The quantitative estimate of drug-likeness (QED) is 0.469. The summed E-state index contributed by atoms with van der Waals surface area (Å²) in [5, 5.41) is 18.0. The number of carbonyl (C=O) groups is 1. The van der Waals surface area contributed by atoms with Crippen LogP contribution in [-0.4, -0.2) is 64.0 Å². The summed E-state index contributed by atoms with van der Waals surface area (Å²) in [6, 6.07) is 17.6. The highest BCUT2D eigenvalue weighted by atomic mass is 32.1. The first-order chi connectivity index (χ1) is 16.2. The molecule has 0 aliphatic carbocycles. The highest BCUT2D eigenvalue weighted by molar-refractivity contribution is 7.13. The van der Waals surface area contributed by atoms with Crippen molar-refractivity contribution in [2.75, 3.05) is 37.7 Å². The normalized spacial score (nSPS) is 13.8. The molecule has 1 fully saturated rings. The predicted octanol–water partition coefficient (Wildman–Crippen LogP) is 3.96. The van der Waals surface area contributed by atoms with Crippen LogP contribution in [0.1, 0.15) is 17.4 Å². The first-order valence-electron chi connectivity index (χ1n) is 10.9. The fourth-order valence-electron chi connectivity index (χ4n) is 3.83. The van der Waals surface area contributed by atoms with Crippen LogP contribution in [0.3, 0.4) is 0 Å². The minimum atomic E-state index is -0.0503. The molecule has 0 atom stereocenters. The summed E-state index contributed by atoms with van der Waals surface area (Å²) in [5.41, 5.74) is 3.13. The van der Waals surface area contributed by atoms with Gasteiger partial charge in [0.15, 0.2) is 11.5 Å². The molecule has 4 heterocycles. The van der Waals surface area contributed by atoms with Gasteiger partial charge in [-0.05, 0) is 60.8 Å². The van der Waals surface area contributed by atoms with Crippen LogP contribution in [0.4, 0.5) is 5.82 Å². The van der Waals surface area contributed by atoms with E-state index in [0.29, 0.717) is 38.5 Å². The Morgan fingerprint density at radius 2 is 1.88 bits per heavy atom. The molecule has 1 aromatic carbocycles. The fraction of sp³-hybridized carbons (Fsp3) is 0.250. The average molecular weight is 461 g/mol. The first-order valence-corrected chi connectivity index (χ1v) is 11.8. The molecule has 0 bridgehead atoms. The lowest BCUT2D eigenvalue weighted by atomic mass is 10.1. The van der Waals surface area contributed by atoms with Crippen molar-refractivity contribution in [3.05, 3.63) is 65.7 Å². The van der Waals surface area contributed by atoms with Gasteiger partial charge in [0.2, 0.25) is 0 Å². The van der Waals surface area contributed by atoms with Gasteiger partial charge in [-0.1, -0.05) is 6.07 Å². The Morgan fingerprint density at radius 1 is 1.06 bits per heavy atom. The van der Waals surface area contributed by atoms with E-state index < -0.39 is 0 Å². The number of carbonyl (C=O) groups excluding carboxylic acids is 1. The number of rotatable bonds is 6. The summed E-state index contributed by atoms with van der Waals surface area (Å²) in [5.74, 6) is 1.61. The standard InChI is InChI=1S/C24H24N6O2S/c1-2-32-18-7-5-17(6-8-18)19-9-10-23(28-25-19)29-11-13-30(14-12-29)24(31)21-16-20(26-27-21)22-4-3-15-33-22/h3-10,15-16H,2,11-14H2,1H3,(H,26,27). The number of anilines is 1. The second kappa shape index (κ2) is 9.41. The highest BCUT2D eigenvalue weighted by Gasteiger charge is 2.25. The van der Waals surface area contributed by atoms with Crippen molar-refractivity contribution in [1.29, 1.82) is 0 Å². The summed E-state index contributed by atoms with van der Waals surface area (Å²) < 4.78 is 5.49. The zero-order valence-corrected chi connectivity index (χ0v) is 19.1. The number of hydrogen-bond donors (Lipinski definition) is 1. The lowest BCUT2D eigenvalue weighted by molar-refractivity contribution is 0.0740. The van der Waals surface area contributed by atoms with E-state index in [1.807, 2.05) is 71.8 Å². The molecule has 3 aromatic heterocycles. The SMILES string of the molecule is CCOc1ccc(-c2ccc(N3CCN(C(=O)c4cc(-c5cccs5)[nH]n4)CC3)nn2)cc1. The number of aromatic amines is 1. The largest absolute Gasteiger partial charge is 0.494 e. The monoisotopic (exact) mass is 460 g/mol. The summed E-state index contributed by atoms with van der Waals surface area (Å²) in [7, 11) is 0. The van der Waals surface area contributed by atoms with Crippen LogP contribution in [0.25, 0.3) is 21.8 Å². The van der Waals surface area contributed by atoms with Gasteiger partial charge in [0.25, 0.3) is 5.91 Å². The van der Waals surface area contributed by atoms with Crippen LogP contribution in [0.15, 0.2) is 60.0 Å². The number of benzene rings is 1. The minimum absolute atomic E-state index is 0.0503. The first kappa shape index (κ1) is 21.1. The summed E-state index contributed by atoms with van der Waals surface area (Å²) in [4.78, 5) is 17.9. The average Bonchev–Trinajstić information content (AvgIpc) is 3.57. The van der Waals surface area contributed by atoms with Crippen LogP contribution in [0.2, 0.25) is 0 Å². The number of ether oxygens (including phenoxy) is 1. The molecular weight excluding hydrogens is 436 g/mol. The van der Waals surface area contributed by atoms with Crippen molar-refractivity contribution in [3.8, 4) is 27.6 Å². The Morgan fingerprint density at radius 3 is 2.55 bits per heavy atom. The van der Waals surface area contributed by atoms with Gasteiger partial charge in [-0.25, -0.2) is 0 Å². The lowest BCUT2D eigenvalue weighted by Crippen LogP contribution is -2.49. The van der Waals surface area contributed by atoms with E-state index in [-0.39, 0.29) is 5.91 Å². The van der Waals surface area contributed by atoms with Gasteiger partial charge in [0, 0.05) is 31.7 Å². The molecular formula is C24H24N6O2S. The van der Waals surface area contributed by atoms with E-state index in [4.69, 9.17) is 4.74 Å². The number of amides is 1. The predicted molar refractivity (Wildman–Crippen MR) is 129 cm³/mol. The maximum Gasteiger partial charge on any atom is 0.274 e. The molecule has 1 amide bonds. The third kappa shape index (κ3) is 4.58. The molecule has 33 heavy (non-hydrogen) atoms. The minimum Gasteiger partial charge on any atom is -0.494 e. The Balaban J connectivity index is 1.19. The van der Waals surface area contributed by atoms with E-state index in [1.54, 1.807) is 11.3 Å². The third-order valence-electron chi connectivity index (χ3n) is 5.59. The Labute approximate surface area is 195 Å². The molecule has 5 rings (SSSR count). The number of thiophene rings is 1. The van der Waals surface area contributed by atoms with Gasteiger partial charge in [-0.15, -0.1) is 21.5 Å². The molecule has 0 spiro atoms. The number of aromatic nitrogens is 4. The second-order valence-electron chi connectivity index (χ2n) is 7.66. The van der Waals surface area contributed by atoms with Crippen LogP contribution in [0.5, 0.6) is 5.75 Å². The molecule has 8 nitrogen and oxygen atoms in total. The van der Waals surface area contributed by atoms with Crippen molar-refractivity contribution >= 4 is 23.1 Å². The van der Waals surface area contributed by atoms with Crippen LogP contribution in [-0.2, 0) is 0 Å². The topological polar surface area (TPSA) is 87.2 Å². The summed E-state index contributed by atoms with van der Waals surface area (Å²) in [6.45, 7) is 5.23. The van der Waals surface area contributed by atoms with Gasteiger partial charge in [-0.3, -0.25) is 9.89 Å². The van der Waals surface area contributed by atoms with Crippen molar-refractivity contribution < 1.29 is 9.53 Å². The van der Waals surface area contributed by atoms with Gasteiger partial charge in [0.05, 0.1) is 22.9 Å². The van der Waals surface area contributed by atoms with E-state index in [9.17, 15) is 4.79 Å². The van der Waals surface area contributed by atoms with E-state index in [2.05, 4.69) is 25.3 Å². The number of hydrogen-bond acceptors (Lipinski definition) is 7. The third-order valence-corrected chi connectivity index (χ3v) is 6.49. The van der Waals surface area contributed by atoms with E-state index in [1.165, 1.54) is 0 Å². The molecule has 4 aromatic rings. The molecule has 9 heteroatoms. The maximum absolute atomic E-state index is 12.9. The summed E-state index contributed by atoms with van der Waals surface area (Å²) in [6.07, 6.45) is 0. The molecule has 1 aliphatic heterocycles. The Bertz CT molecular complexity index is 1200. The number of nitrogens with one attached hydrogen (secondary N) is 1.